The Morgan fingerprint density at radius 1 is 1.03 bits per heavy atom. The molecule has 2 aromatic rings. The molecule has 7 nitrogen and oxygen atoms in total. The average Bonchev–Trinajstić information content (AvgIpc) is 2.87. The van der Waals surface area contributed by atoms with Crippen LogP contribution >= 0.6 is 0 Å². The monoisotopic (exact) mass is 434 g/mol. The first-order valence-corrected chi connectivity index (χ1v) is 11.3. The molecule has 2 saturated heterocycles. The third kappa shape index (κ3) is 5.73. The second kappa shape index (κ2) is 10.9. The van der Waals surface area contributed by atoms with Gasteiger partial charge in [0.1, 0.15) is 5.82 Å². The highest BCUT2D eigenvalue weighted by atomic mass is 16.5. The maximum Gasteiger partial charge on any atom is 0.246 e. The van der Waals surface area contributed by atoms with Crippen LogP contribution in [0.4, 0.5) is 5.82 Å². The molecule has 4 rings (SSSR count). The number of carbonyl (C=O) groups is 2. The minimum absolute atomic E-state index is 0.00164. The molecule has 0 bridgehead atoms. The highest BCUT2D eigenvalue weighted by Gasteiger charge is 2.26. The topological polar surface area (TPSA) is 74.8 Å². The van der Waals surface area contributed by atoms with Crippen LogP contribution in [0, 0.1) is 5.92 Å². The predicted molar refractivity (Wildman–Crippen MR) is 124 cm³/mol. The van der Waals surface area contributed by atoms with Gasteiger partial charge in [-0.05, 0) is 30.5 Å². The van der Waals surface area contributed by atoms with Crippen molar-refractivity contribution in [1.29, 1.82) is 0 Å². The van der Waals surface area contributed by atoms with Crippen LogP contribution in [0.5, 0.6) is 0 Å². The Labute approximate surface area is 189 Å². The van der Waals surface area contributed by atoms with Crippen molar-refractivity contribution < 1.29 is 14.3 Å². The summed E-state index contributed by atoms with van der Waals surface area (Å²) in [6, 6.07) is 13.7. The number of carbonyl (C=O) groups excluding carboxylic acids is 2. The maximum atomic E-state index is 12.8. The van der Waals surface area contributed by atoms with Gasteiger partial charge in [0.2, 0.25) is 11.8 Å². The largest absolute Gasteiger partial charge is 0.378 e. The first-order chi connectivity index (χ1) is 15.7. The van der Waals surface area contributed by atoms with E-state index in [4.69, 9.17) is 4.74 Å². The zero-order valence-corrected chi connectivity index (χ0v) is 18.3. The van der Waals surface area contributed by atoms with Crippen LogP contribution in [0.1, 0.15) is 24.0 Å². The van der Waals surface area contributed by atoms with Gasteiger partial charge in [-0.15, -0.1) is 0 Å². The summed E-state index contributed by atoms with van der Waals surface area (Å²) in [4.78, 5) is 33.8. The van der Waals surface area contributed by atoms with Gasteiger partial charge in [0.25, 0.3) is 0 Å². The molecular formula is C25H30N4O3. The highest BCUT2D eigenvalue weighted by molar-refractivity contribution is 5.92. The van der Waals surface area contributed by atoms with Crippen molar-refractivity contribution in [3.63, 3.8) is 0 Å². The Morgan fingerprint density at radius 2 is 1.78 bits per heavy atom. The molecule has 1 N–H and O–H groups in total. The standard InChI is InChI=1S/C25H30N4O3/c30-23(9-8-20-5-2-1-3-6-20)28-13-10-21(11-14-28)25(31)27-19-22-7-4-12-26-24(22)29-15-17-32-18-16-29/h1-9,12,21H,10-11,13-19H2,(H,27,31). The normalized spacial score (nSPS) is 17.5. The molecule has 1 aromatic carbocycles. The summed E-state index contributed by atoms with van der Waals surface area (Å²) in [6.45, 7) is 4.66. The molecule has 168 valence electrons. The summed E-state index contributed by atoms with van der Waals surface area (Å²) < 4.78 is 5.43. The fourth-order valence-electron chi connectivity index (χ4n) is 4.15. The van der Waals surface area contributed by atoms with E-state index in [0.29, 0.717) is 45.7 Å². The zero-order valence-electron chi connectivity index (χ0n) is 18.3. The van der Waals surface area contributed by atoms with E-state index in [1.165, 1.54) is 0 Å². The molecule has 2 fully saturated rings. The fraction of sp³-hybridized carbons (Fsp3) is 0.400. The summed E-state index contributed by atoms with van der Waals surface area (Å²) in [5.74, 6) is 0.898. The molecule has 1 aromatic heterocycles. The van der Waals surface area contributed by atoms with E-state index in [9.17, 15) is 9.59 Å². The number of anilines is 1. The van der Waals surface area contributed by atoms with E-state index in [1.54, 1.807) is 12.3 Å². The Bertz CT molecular complexity index is 933. The van der Waals surface area contributed by atoms with Crippen molar-refractivity contribution in [2.75, 3.05) is 44.3 Å². The number of nitrogens with zero attached hydrogens (tertiary/aromatic N) is 3. The van der Waals surface area contributed by atoms with Crippen molar-refractivity contribution in [3.05, 3.63) is 65.9 Å². The van der Waals surface area contributed by atoms with Gasteiger partial charge < -0.3 is 19.9 Å². The number of piperidine rings is 1. The van der Waals surface area contributed by atoms with Gasteiger partial charge in [-0.3, -0.25) is 9.59 Å². The van der Waals surface area contributed by atoms with Gasteiger partial charge in [-0.25, -0.2) is 4.98 Å². The van der Waals surface area contributed by atoms with Gasteiger partial charge in [0.05, 0.1) is 13.2 Å². The maximum absolute atomic E-state index is 12.8. The summed E-state index contributed by atoms with van der Waals surface area (Å²) in [5.41, 5.74) is 2.02. The number of benzene rings is 1. The van der Waals surface area contributed by atoms with E-state index in [0.717, 1.165) is 30.0 Å². The second-order valence-electron chi connectivity index (χ2n) is 8.15. The molecule has 32 heavy (non-hydrogen) atoms. The quantitative estimate of drug-likeness (QED) is 0.707. The number of morpholine rings is 1. The van der Waals surface area contributed by atoms with Gasteiger partial charge in [0.15, 0.2) is 0 Å². The summed E-state index contributed by atoms with van der Waals surface area (Å²) in [5, 5.41) is 3.08. The molecule has 0 spiro atoms. The lowest BCUT2D eigenvalue weighted by Gasteiger charge is -2.31. The van der Waals surface area contributed by atoms with Gasteiger partial charge >= 0.3 is 0 Å². The fourth-order valence-corrected chi connectivity index (χ4v) is 4.15. The molecular weight excluding hydrogens is 404 g/mol. The molecule has 0 radical (unpaired) electrons. The lowest BCUT2D eigenvalue weighted by molar-refractivity contribution is -0.132. The third-order valence-electron chi connectivity index (χ3n) is 6.03. The van der Waals surface area contributed by atoms with Gasteiger partial charge in [0, 0.05) is 56.5 Å². The summed E-state index contributed by atoms with van der Waals surface area (Å²) in [7, 11) is 0. The number of aromatic nitrogens is 1. The molecule has 0 atom stereocenters. The van der Waals surface area contributed by atoms with Crippen LogP contribution in [0.25, 0.3) is 6.08 Å². The third-order valence-corrected chi connectivity index (χ3v) is 6.03. The SMILES string of the molecule is O=C(NCc1cccnc1N1CCOCC1)C1CCN(C(=O)C=Cc2ccccc2)CC1. The first kappa shape index (κ1) is 22.0. The van der Waals surface area contributed by atoms with Crippen molar-refractivity contribution in [2.24, 2.45) is 5.92 Å². The number of amides is 2. The van der Waals surface area contributed by atoms with Crippen LogP contribution in [0.15, 0.2) is 54.7 Å². The lowest BCUT2D eigenvalue weighted by Crippen LogP contribution is -2.42. The summed E-state index contributed by atoms with van der Waals surface area (Å²) in [6.07, 6.45) is 6.60. The van der Waals surface area contributed by atoms with Gasteiger partial charge in [-0.2, -0.15) is 0 Å². The highest BCUT2D eigenvalue weighted by Crippen LogP contribution is 2.21. The molecule has 2 aliphatic heterocycles. The van der Waals surface area contributed by atoms with Crippen LogP contribution in [-0.4, -0.2) is 61.1 Å². The molecule has 0 unspecified atom stereocenters. The molecule has 0 aliphatic carbocycles. The number of hydrogen-bond donors (Lipinski definition) is 1. The van der Waals surface area contributed by atoms with Crippen molar-refractivity contribution in [1.82, 2.24) is 15.2 Å². The molecule has 2 aliphatic rings. The Hall–Kier alpha value is -3.19. The van der Waals surface area contributed by atoms with Crippen molar-refractivity contribution in [3.8, 4) is 0 Å². The van der Waals surface area contributed by atoms with Crippen LogP contribution < -0.4 is 10.2 Å². The number of ether oxygens (including phenoxy) is 1. The molecule has 2 amide bonds. The Kier molecular flexibility index (Phi) is 7.51. The van der Waals surface area contributed by atoms with E-state index in [1.807, 2.05) is 53.4 Å². The smallest absolute Gasteiger partial charge is 0.246 e. The number of nitrogens with one attached hydrogen (secondary N) is 1. The van der Waals surface area contributed by atoms with E-state index in [2.05, 4.69) is 15.2 Å². The number of rotatable bonds is 6. The zero-order chi connectivity index (χ0) is 22.2. The minimum atomic E-state index is -0.0688. The molecule has 0 saturated carbocycles. The first-order valence-electron chi connectivity index (χ1n) is 11.3. The Balaban J connectivity index is 1.25. The van der Waals surface area contributed by atoms with Crippen LogP contribution in [0.2, 0.25) is 0 Å². The van der Waals surface area contributed by atoms with E-state index >= 15 is 0 Å². The van der Waals surface area contributed by atoms with Crippen molar-refractivity contribution in [2.45, 2.75) is 19.4 Å². The summed E-state index contributed by atoms with van der Waals surface area (Å²) >= 11 is 0. The molecule has 7 heteroatoms. The predicted octanol–water partition coefficient (Wildman–Crippen LogP) is 2.49. The van der Waals surface area contributed by atoms with Crippen LogP contribution in [-0.2, 0) is 20.9 Å². The number of hydrogen-bond acceptors (Lipinski definition) is 5. The van der Waals surface area contributed by atoms with Crippen molar-refractivity contribution >= 4 is 23.7 Å². The van der Waals surface area contributed by atoms with Gasteiger partial charge in [-0.1, -0.05) is 36.4 Å². The molecule has 3 heterocycles. The van der Waals surface area contributed by atoms with Crippen LogP contribution in [0.3, 0.4) is 0 Å². The minimum Gasteiger partial charge on any atom is -0.378 e. The van der Waals surface area contributed by atoms with E-state index < -0.39 is 0 Å². The second-order valence-corrected chi connectivity index (χ2v) is 8.15. The average molecular weight is 435 g/mol. The number of pyridine rings is 1. The Morgan fingerprint density at radius 3 is 2.53 bits per heavy atom. The lowest BCUT2D eigenvalue weighted by atomic mass is 9.95. The number of likely N-dealkylation sites (tertiary alicyclic amines) is 1. The van der Waals surface area contributed by atoms with E-state index in [-0.39, 0.29) is 17.7 Å².